The second kappa shape index (κ2) is 8.61. The van der Waals surface area contributed by atoms with Crippen LogP contribution in [0.3, 0.4) is 0 Å². The first-order valence-electron chi connectivity index (χ1n) is 11.1. The third-order valence-electron chi connectivity index (χ3n) is 5.76. The van der Waals surface area contributed by atoms with E-state index in [1.807, 2.05) is 48.7 Å². The summed E-state index contributed by atoms with van der Waals surface area (Å²) in [5.74, 6) is 3.62. The van der Waals surface area contributed by atoms with Crippen molar-refractivity contribution in [1.82, 2.24) is 14.9 Å². The molecule has 0 radical (unpaired) electrons. The van der Waals surface area contributed by atoms with Crippen LogP contribution in [0.4, 0.5) is 0 Å². The molecule has 0 aliphatic carbocycles. The minimum absolute atomic E-state index is 0.0894. The minimum Gasteiger partial charge on any atom is -0.490 e. The first kappa shape index (κ1) is 20.5. The number of hydrogen-bond acceptors (Lipinski definition) is 6. The molecule has 5 rings (SSSR count). The molecule has 3 aromatic rings. The summed E-state index contributed by atoms with van der Waals surface area (Å²) in [4.78, 5) is 17.7. The van der Waals surface area contributed by atoms with E-state index < -0.39 is 0 Å². The molecule has 1 amide bonds. The topological polar surface area (TPSA) is 83.8 Å². The second-order valence-electron chi connectivity index (χ2n) is 8.00. The van der Waals surface area contributed by atoms with Crippen LogP contribution in [0, 0.1) is 0 Å². The van der Waals surface area contributed by atoms with Crippen molar-refractivity contribution in [1.29, 1.82) is 0 Å². The number of amides is 1. The maximum Gasteiger partial charge on any atom is 0.240 e. The zero-order valence-electron chi connectivity index (χ0n) is 18.3. The molecule has 2 aliphatic rings. The van der Waals surface area contributed by atoms with Gasteiger partial charge in [0.25, 0.3) is 0 Å². The average molecular weight is 437 g/mol. The average Bonchev–Trinajstić information content (AvgIpc) is 2.97. The van der Waals surface area contributed by atoms with Crippen molar-refractivity contribution in [2.45, 2.75) is 39.3 Å². The summed E-state index contributed by atoms with van der Waals surface area (Å²) >= 11 is 0. The van der Waals surface area contributed by atoms with E-state index in [9.17, 15) is 4.79 Å². The van der Waals surface area contributed by atoms with Crippen LogP contribution in [0.5, 0.6) is 23.0 Å². The Bertz CT molecular complexity index is 1160. The minimum atomic E-state index is -0.177. The molecule has 0 bridgehead atoms. The van der Waals surface area contributed by atoms with Crippen molar-refractivity contribution in [3.05, 3.63) is 41.7 Å². The lowest BCUT2D eigenvalue weighted by Crippen LogP contribution is -2.30. The highest BCUT2D eigenvalue weighted by atomic mass is 16.6. The van der Waals surface area contributed by atoms with Crippen LogP contribution in [-0.2, 0) is 17.8 Å². The third kappa shape index (κ3) is 3.92. The van der Waals surface area contributed by atoms with Gasteiger partial charge in [0, 0.05) is 25.0 Å². The summed E-state index contributed by atoms with van der Waals surface area (Å²) in [5.41, 5.74) is 2.63. The molecule has 8 nitrogen and oxygen atoms in total. The van der Waals surface area contributed by atoms with Crippen LogP contribution >= 0.6 is 0 Å². The van der Waals surface area contributed by atoms with Crippen molar-refractivity contribution in [2.75, 3.05) is 26.4 Å². The highest BCUT2D eigenvalue weighted by molar-refractivity contribution is 5.84. The molecule has 32 heavy (non-hydrogen) atoms. The van der Waals surface area contributed by atoms with Crippen LogP contribution in [0.25, 0.3) is 11.0 Å². The van der Waals surface area contributed by atoms with Gasteiger partial charge >= 0.3 is 0 Å². The fraction of sp³-hybridized carbons (Fsp3) is 0.417. The SMILES string of the molecule is CCc1nc2cc3c(cc2n1CC(=O)N[C@@H](C)c1ccc2c(c1)OCCCO2)OCCO3. The van der Waals surface area contributed by atoms with E-state index in [0.29, 0.717) is 44.3 Å². The summed E-state index contributed by atoms with van der Waals surface area (Å²) in [6.45, 7) is 6.49. The smallest absolute Gasteiger partial charge is 0.240 e. The summed E-state index contributed by atoms with van der Waals surface area (Å²) < 4.78 is 24.8. The summed E-state index contributed by atoms with van der Waals surface area (Å²) in [5, 5.41) is 3.10. The van der Waals surface area contributed by atoms with Crippen molar-refractivity contribution in [2.24, 2.45) is 0 Å². The zero-order valence-corrected chi connectivity index (χ0v) is 18.3. The van der Waals surface area contributed by atoms with Crippen molar-refractivity contribution < 1.29 is 23.7 Å². The van der Waals surface area contributed by atoms with Gasteiger partial charge < -0.3 is 28.8 Å². The predicted molar refractivity (Wildman–Crippen MR) is 119 cm³/mol. The number of ether oxygens (including phenoxy) is 4. The molecular formula is C24H27N3O5. The first-order valence-corrected chi connectivity index (χ1v) is 11.1. The fourth-order valence-corrected chi connectivity index (χ4v) is 4.12. The van der Waals surface area contributed by atoms with Gasteiger partial charge in [0.15, 0.2) is 23.0 Å². The van der Waals surface area contributed by atoms with E-state index in [2.05, 4.69) is 5.32 Å². The van der Waals surface area contributed by atoms with E-state index in [-0.39, 0.29) is 18.5 Å². The Kier molecular flexibility index (Phi) is 5.51. The number of hydrogen-bond donors (Lipinski definition) is 1. The number of fused-ring (bicyclic) bond motifs is 3. The van der Waals surface area contributed by atoms with E-state index in [4.69, 9.17) is 23.9 Å². The molecule has 0 saturated carbocycles. The van der Waals surface area contributed by atoms with Crippen LogP contribution in [0.1, 0.15) is 37.7 Å². The van der Waals surface area contributed by atoms with E-state index >= 15 is 0 Å². The number of benzene rings is 2. The van der Waals surface area contributed by atoms with Crippen LogP contribution in [0.15, 0.2) is 30.3 Å². The molecule has 1 aromatic heterocycles. The van der Waals surface area contributed by atoms with Gasteiger partial charge in [-0.3, -0.25) is 4.79 Å². The Balaban J connectivity index is 1.35. The summed E-state index contributed by atoms with van der Waals surface area (Å²) in [6.07, 6.45) is 1.57. The van der Waals surface area contributed by atoms with Gasteiger partial charge in [0.1, 0.15) is 25.6 Å². The summed E-state index contributed by atoms with van der Waals surface area (Å²) in [6, 6.07) is 9.44. The molecule has 0 saturated heterocycles. The molecule has 0 spiro atoms. The van der Waals surface area contributed by atoms with Gasteiger partial charge in [0.2, 0.25) is 5.91 Å². The number of carbonyl (C=O) groups is 1. The van der Waals surface area contributed by atoms with Gasteiger partial charge in [-0.05, 0) is 24.6 Å². The number of aryl methyl sites for hydroxylation is 1. The second-order valence-corrected chi connectivity index (χ2v) is 8.00. The van der Waals surface area contributed by atoms with E-state index in [0.717, 1.165) is 40.3 Å². The molecule has 2 aliphatic heterocycles. The van der Waals surface area contributed by atoms with Crippen LogP contribution in [0.2, 0.25) is 0 Å². The number of nitrogens with zero attached hydrogens (tertiary/aromatic N) is 2. The highest BCUT2D eigenvalue weighted by Crippen LogP contribution is 2.35. The van der Waals surface area contributed by atoms with Gasteiger partial charge in [-0.2, -0.15) is 0 Å². The lowest BCUT2D eigenvalue weighted by molar-refractivity contribution is -0.122. The Morgan fingerprint density at radius 1 is 1.00 bits per heavy atom. The quantitative estimate of drug-likeness (QED) is 0.659. The van der Waals surface area contributed by atoms with Gasteiger partial charge in [-0.25, -0.2) is 4.98 Å². The standard InChI is InChI=1S/C24H27N3O5/c1-3-23-26-17-12-21-22(32-10-9-31-21)13-18(17)27(23)14-24(28)25-15(2)16-5-6-19-20(11-16)30-8-4-7-29-19/h5-6,11-13,15H,3-4,7-10,14H2,1-2H3,(H,25,28)/t15-/m0/s1. The molecule has 0 fully saturated rings. The number of imidazole rings is 1. The van der Waals surface area contributed by atoms with E-state index in [1.54, 1.807) is 0 Å². The van der Waals surface area contributed by atoms with Crippen LogP contribution < -0.4 is 24.3 Å². The fourth-order valence-electron chi connectivity index (χ4n) is 4.12. The molecule has 2 aromatic carbocycles. The Labute approximate surface area is 186 Å². The van der Waals surface area contributed by atoms with Crippen molar-refractivity contribution >= 4 is 16.9 Å². The normalized spacial score (nSPS) is 15.8. The van der Waals surface area contributed by atoms with Gasteiger partial charge in [-0.15, -0.1) is 0 Å². The lowest BCUT2D eigenvalue weighted by Gasteiger charge is -2.19. The molecule has 1 N–H and O–H groups in total. The maximum atomic E-state index is 13.0. The molecular weight excluding hydrogens is 410 g/mol. The van der Waals surface area contributed by atoms with Crippen LogP contribution in [-0.4, -0.2) is 41.9 Å². The number of nitrogens with one attached hydrogen (secondary N) is 1. The van der Waals surface area contributed by atoms with Gasteiger partial charge in [-0.1, -0.05) is 13.0 Å². The summed E-state index contributed by atoms with van der Waals surface area (Å²) in [7, 11) is 0. The Hall–Kier alpha value is -3.42. The van der Waals surface area contributed by atoms with E-state index in [1.165, 1.54) is 0 Å². The largest absolute Gasteiger partial charge is 0.490 e. The monoisotopic (exact) mass is 437 g/mol. The van der Waals surface area contributed by atoms with Crippen molar-refractivity contribution in [3.63, 3.8) is 0 Å². The molecule has 3 heterocycles. The molecule has 0 unspecified atom stereocenters. The lowest BCUT2D eigenvalue weighted by atomic mass is 10.1. The third-order valence-corrected chi connectivity index (χ3v) is 5.76. The molecule has 168 valence electrons. The number of aromatic nitrogens is 2. The Morgan fingerprint density at radius 2 is 1.69 bits per heavy atom. The van der Waals surface area contributed by atoms with Gasteiger partial charge in [0.05, 0.1) is 30.3 Å². The maximum absolute atomic E-state index is 13.0. The predicted octanol–water partition coefficient (Wildman–Crippen LogP) is 3.41. The number of carbonyl (C=O) groups excluding carboxylic acids is 1. The first-order chi connectivity index (χ1) is 15.6. The van der Waals surface area contributed by atoms with Crippen molar-refractivity contribution in [3.8, 4) is 23.0 Å². The molecule has 1 atom stereocenters. The number of rotatable bonds is 5. The zero-order chi connectivity index (χ0) is 22.1. The highest BCUT2D eigenvalue weighted by Gasteiger charge is 2.20. The molecule has 8 heteroatoms. The Morgan fingerprint density at radius 3 is 2.47 bits per heavy atom.